The van der Waals surface area contributed by atoms with Crippen molar-refractivity contribution >= 4 is 28.9 Å². The number of methoxy groups -OCH3 is 2. The Morgan fingerprint density at radius 3 is 2.47 bits per heavy atom. The zero-order chi connectivity index (χ0) is 21.1. The highest BCUT2D eigenvalue weighted by Gasteiger charge is 2.25. The molecule has 1 aliphatic carbocycles. The molecular formula is C25H23Cl2NO2. The van der Waals surface area contributed by atoms with Crippen LogP contribution < -0.4 is 9.47 Å². The Bertz CT molecular complexity index is 1090. The Kier molecular flexibility index (Phi) is 6.31. The number of aliphatic imine (C=N–C) groups is 1. The first-order valence-corrected chi connectivity index (χ1v) is 10.6. The van der Waals surface area contributed by atoms with E-state index in [0.717, 1.165) is 35.6 Å². The monoisotopic (exact) mass is 439 g/mol. The van der Waals surface area contributed by atoms with Crippen LogP contribution in [0.5, 0.6) is 11.5 Å². The number of ether oxygens (including phenoxy) is 2. The molecule has 0 N–H and O–H groups in total. The molecule has 3 nitrogen and oxygen atoms in total. The average molecular weight is 440 g/mol. The molecule has 4 rings (SSSR count). The van der Waals surface area contributed by atoms with E-state index in [1.54, 1.807) is 14.2 Å². The lowest BCUT2D eigenvalue weighted by atomic mass is 9.78. The minimum atomic E-state index is 0.288. The van der Waals surface area contributed by atoms with E-state index in [1.807, 2.05) is 30.3 Å². The van der Waals surface area contributed by atoms with Crippen molar-refractivity contribution in [2.24, 2.45) is 4.99 Å². The van der Waals surface area contributed by atoms with Crippen LogP contribution in [0.4, 0.5) is 0 Å². The van der Waals surface area contributed by atoms with Gasteiger partial charge in [0.1, 0.15) is 0 Å². The molecule has 1 unspecified atom stereocenters. The highest BCUT2D eigenvalue weighted by molar-refractivity contribution is 6.42. The Hall–Kier alpha value is -2.49. The molecule has 0 saturated heterocycles. The van der Waals surface area contributed by atoms with Gasteiger partial charge in [-0.15, -0.1) is 0 Å². The summed E-state index contributed by atoms with van der Waals surface area (Å²) in [4.78, 5) is 4.96. The van der Waals surface area contributed by atoms with Crippen molar-refractivity contribution in [2.75, 3.05) is 14.2 Å². The van der Waals surface area contributed by atoms with Crippen molar-refractivity contribution in [3.8, 4) is 11.5 Å². The third kappa shape index (κ3) is 4.19. The SMILES string of the molecule is COc1ccc(C/N=C2\CCC(c3ccc(Cl)c(Cl)c3)c3ccccc32)cc1OC. The molecule has 30 heavy (non-hydrogen) atoms. The molecule has 0 aromatic heterocycles. The summed E-state index contributed by atoms with van der Waals surface area (Å²) < 4.78 is 10.7. The smallest absolute Gasteiger partial charge is 0.161 e. The van der Waals surface area contributed by atoms with E-state index in [4.69, 9.17) is 37.7 Å². The number of fused-ring (bicyclic) bond motifs is 1. The van der Waals surface area contributed by atoms with Gasteiger partial charge in [0.15, 0.2) is 11.5 Å². The van der Waals surface area contributed by atoms with Crippen LogP contribution in [-0.4, -0.2) is 19.9 Å². The zero-order valence-corrected chi connectivity index (χ0v) is 18.5. The lowest BCUT2D eigenvalue weighted by Crippen LogP contribution is -2.17. The molecule has 0 fully saturated rings. The van der Waals surface area contributed by atoms with E-state index < -0.39 is 0 Å². The topological polar surface area (TPSA) is 30.8 Å². The van der Waals surface area contributed by atoms with Gasteiger partial charge in [0, 0.05) is 11.6 Å². The Morgan fingerprint density at radius 1 is 0.900 bits per heavy atom. The fourth-order valence-corrected chi connectivity index (χ4v) is 4.35. The van der Waals surface area contributed by atoms with Crippen molar-refractivity contribution in [1.82, 2.24) is 0 Å². The van der Waals surface area contributed by atoms with Crippen LogP contribution >= 0.6 is 23.2 Å². The summed E-state index contributed by atoms with van der Waals surface area (Å²) in [6, 6.07) is 20.4. The Labute approximate surface area is 187 Å². The molecule has 0 spiro atoms. The molecule has 3 aromatic carbocycles. The molecule has 3 aromatic rings. The molecular weight excluding hydrogens is 417 g/mol. The first kappa shape index (κ1) is 20.8. The second kappa shape index (κ2) is 9.11. The van der Waals surface area contributed by atoms with Crippen LogP contribution in [0.3, 0.4) is 0 Å². The molecule has 0 aliphatic heterocycles. The van der Waals surface area contributed by atoms with Crippen molar-refractivity contribution < 1.29 is 9.47 Å². The molecule has 1 aliphatic rings. The van der Waals surface area contributed by atoms with Gasteiger partial charge in [-0.2, -0.15) is 0 Å². The van der Waals surface area contributed by atoms with Gasteiger partial charge in [-0.25, -0.2) is 0 Å². The van der Waals surface area contributed by atoms with Gasteiger partial charge in [0.25, 0.3) is 0 Å². The lowest BCUT2D eigenvalue weighted by molar-refractivity contribution is 0.354. The quantitative estimate of drug-likeness (QED) is 0.431. The maximum atomic E-state index is 6.28. The molecule has 154 valence electrons. The lowest BCUT2D eigenvalue weighted by Gasteiger charge is -2.27. The second-order valence-electron chi connectivity index (χ2n) is 7.30. The third-order valence-electron chi connectivity index (χ3n) is 5.56. The fraction of sp³-hybridized carbons (Fsp3) is 0.240. The Balaban J connectivity index is 1.63. The molecule has 5 heteroatoms. The summed E-state index contributed by atoms with van der Waals surface area (Å²) in [5.41, 5.74) is 5.91. The van der Waals surface area contributed by atoms with Crippen LogP contribution in [0.1, 0.15) is 41.0 Å². The van der Waals surface area contributed by atoms with Crippen LogP contribution in [0.2, 0.25) is 10.0 Å². The third-order valence-corrected chi connectivity index (χ3v) is 6.30. The molecule has 0 amide bonds. The first-order chi connectivity index (χ1) is 14.6. The van der Waals surface area contributed by atoms with E-state index in [1.165, 1.54) is 16.7 Å². The van der Waals surface area contributed by atoms with Gasteiger partial charge >= 0.3 is 0 Å². The standard InChI is InChI=1S/C25H23Cl2NO2/c1-29-24-12-7-16(13-25(24)30-2)15-28-23-11-9-18(19-5-3-4-6-20(19)23)17-8-10-21(26)22(27)14-17/h3-8,10,12-14,18H,9,11,15H2,1-2H3/b28-23+. The number of halogens is 2. The highest BCUT2D eigenvalue weighted by Crippen LogP contribution is 2.39. The normalized spacial score (nSPS) is 16.9. The van der Waals surface area contributed by atoms with E-state index in [-0.39, 0.29) is 5.92 Å². The number of benzene rings is 3. The summed E-state index contributed by atoms with van der Waals surface area (Å²) in [5, 5.41) is 1.18. The molecule has 0 saturated carbocycles. The summed E-state index contributed by atoms with van der Waals surface area (Å²) >= 11 is 12.4. The number of rotatable bonds is 5. The largest absolute Gasteiger partial charge is 0.493 e. The second-order valence-corrected chi connectivity index (χ2v) is 8.12. The zero-order valence-electron chi connectivity index (χ0n) is 17.0. The minimum Gasteiger partial charge on any atom is -0.493 e. The van der Waals surface area contributed by atoms with Gasteiger partial charge < -0.3 is 9.47 Å². The van der Waals surface area contributed by atoms with Crippen LogP contribution in [-0.2, 0) is 6.54 Å². The summed E-state index contributed by atoms with van der Waals surface area (Å²) in [5.74, 6) is 1.73. The van der Waals surface area contributed by atoms with E-state index in [2.05, 4.69) is 30.3 Å². The Morgan fingerprint density at radius 2 is 1.70 bits per heavy atom. The predicted octanol–water partition coefficient (Wildman–Crippen LogP) is 6.93. The number of nitrogens with zero attached hydrogens (tertiary/aromatic N) is 1. The number of hydrogen-bond donors (Lipinski definition) is 0. The minimum absolute atomic E-state index is 0.288. The average Bonchev–Trinajstić information content (AvgIpc) is 2.79. The van der Waals surface area contributed by atoms with Crippen LogP contribution in [0.15, 0.2) is 65.7 Å². The van der Waals surface area contributed by atoms with Crippen LogP contribution in [0.25, 0.3) is 0 Å². The van der Waals surface area contributed by atoms with Crippen molar-refractivity contribution in [3.05, 3.63) is 93.0 Å². The van der Waals surface area contributed by atoms with Crippen molar-refractivity contribution in [2.45, 2.75) is 25.3 Å². The molecule has 0 radical (unpaired) electrons. The summed E-state index contributed by atoms with van der Waals surface area (Å²) in [6.07, 6.45) is 1.90. The van der Waals surface area contributed by atoms with Gasteiger partial charge in [-0.05, 0) is 59.4 Å². The van der Waals surface area contributed by atoms with Crippen LogP contribution in [0, 0.1) is 0 Å². The fourth-order valence-electron chi connectivity index (χ4n) is 4.04. The maximum absolute atomic E-state index is 6.28. The van der Waals surface area contributed by atoms with Crippen molar-refractivity contribution in [1.29, 1.82) is 0 Å². The van der Waals surface area contributed by atoms with Gasteiger partial charge in [-0.3, -0.25) is 4.99 Å². The first-order valence-electron chi connectivity index (χ1n) is 9.89. The molecule has 1 atom stereocenters. The van der Waals surface area contributed by atoms with E-state index in [0.29, 0.717) is 16.6 Å². The van der Waals surface area contributed by atoms with Gasteiger partial charge in [0.05, 0.1) is 30.8 Å². The summed E-state index contributed by atoms with van der Waals surface area (Å²) in [7, 11) is 3.29. The summed E-state index contributed by atoms with van der Waals surface area (Å²) in [6.45, 7) is 0.599. The predicted molar refractivity (Wildman–Crippen MR) is 124 cm³/mol. The van der Waals surface area contributed by atoms with E-state index in [9.17, 15) is 0 Å². The molecule has 0 heterocycles. The highest BCUT2D eigenvalue weighted by atomic mass is 35.5. The van der Waals surface area contributed by atoms with Gasteiger partial charge in [0.2, 0.25) is 0 Å². The molecule has 0 bridgehead atoms. The van der Waals surface area contributed by atoms with E-state index >= 15 is 0 Å². The maximum Gasteiger partial charge on any atom is 0.161 e. The van der Waals surface area contributed by atoms with Gasteiger partial charge in [-0.1, -0.05) is 59.6 Å². The van der Waals surface area contributed by atoms with Crippen molar-refractivity contribution in [3.63, 3.8) is 0 Å². The number of hydrogen-bond acceptors (Lipinski definition) is 3.